The number of hydrogen-bond acceptors (Lipinski definition) is 9. The molecular weight excluding hydrogens is 422 g/mol. The summed E-state index contributed by atoms with van der Waals surface area (Å²) in [6.07, 6.45) is -0.801. The van der Waals surface area contributed by atoms with Crippen LogP contribution in [0.1, 0.15) is 41.0 Å². The van der Waals surface area contributed by atoms with Crippen LogP contribution in [0.25, 0.3) is 0 Å². The molecule has 0 radical (unpaired) electrons. The van der Waals surface area contributed by atoms with E-state index in [0.717, 1.165) is 0 Å². The summed E-state index contributed by atoms with van der Waals surface area (Å²) >= 11 is 0. The molecule has 1 saturated heterocycles. The minimum atomic E-state index is -0.771. The van der Waals surface area contributed by atoms with E-state index < -0.39 is 30.4 Å². The molecule has 10 heteroatoms. The molecular formula is C22H37NO9. The molecule has 0 aromatic carbocycles. The summed E-state index contributed by atoms with van der Waals surface area (Å²) < 4.78 is 33.1. The number of carbonyl (C=O) groups excluding carboxylic acids is 3. The average Bonchev–Trinajstić information content (AvgIpc) is 2.72. The van der Waals surface area contributed by atoms with Crippen LogP contribution in [-0.2, 0) is 42.8 Å². The fourth-order valence-corrected chi connectivity index (χ4v) is 3.30. The van der Waals surface area contributed by atoms with Crippen LogP contribution in [0.2, 0.25) is 0 Å². The summed E-state index contributed by atoms with van der Waals surface area (Å²) in [5, 5.41) is 2.79. The highest BCUT2D eigenvalue weighted by atomic mass is 16.7. The molecule has 1 unspecified atom stereocenters. The number of amides is 1. The lowest BCUT2D eigenvalue weighted by Crippen LogP contribution is -2.62. The van der Waals surface area contributed by atoms with Crippen LogP contribution < -0.4 is 5.32 Å². The van der Waals surface area contributed by atoms with E-state index in [1.807, 2.05) is 13.8 Å². The molecule has 1 heterocycles. The van der Waals surface area contributed by atoms with Gasteiger partial charge in [-0.3, -0.25) is 9.59 Å². The van der Waals surface area contributed by atoms with Gasteiger partial charge in [-0.1, -0.05) is 20.4 Å². The van der Waals surface area contributed by atoms with E-state index in [2.05, 4.69) is 11.9 Å². The molecule has 0 spiro atoms. The van der Waals surface area contributed by atoms with E-state index >= 15 is 0 Å². The molecule has 1 aliphatic heterocycles. The number of carbonyl (C=O) groups is 3. The Bertz CT molecular complexity index is 625. The molecule has 0 saturated carbocycles. The molecule has 5 atom stereocenters. The molecule has 1 amide bonds. The van der Waals surface area contributed by atoms with Crippen LogP contribution in [0.15, 0.2) is 12.2 Å². The standard InChI is InChI=1S/C22H37NO9/c1-7-18-15(4)20(31-17(6)25)19(23-16(5)24)22(32-18)30-13-11-28-9-8-27-10-12-29-21(26)14(2)3/h15,18-20,22H,2,7-13H2,1,3-6H3,(H,23,24)/t15-,18+,19+,20-,22?/m0/s1. The van der Waals surface area contributed by atoms with Crippen molar-refractivity contribution in [1.82, 2.24) is 5.32 Å². The van der Waals surface area contributed by atoms with Gasteiger partial charge in [0, 0.05) is 25.3 Å². The Morgan fingerprint density at radius 1 is 0.969 bits per heavy atom. The van der Waals surface area contributed by atoms with Gasteiger partial charge in [0.05, 0.1) is 39.1 Å². The van der Waals surface area contributed by atoms with Crippen LogP contribution in [-0.4, -0.2) is 82.0 Å². The van der Waals surface area contributed by atoms with E-state index in [4.69, 9.17) is 28.4 Å². The Labute approximate surface area is 189 Å². The zero-order valence-corrected chi connectivity index (χ0v) is 19.7. The number of hydrogen-bond donors (Lipinski definition) is 1. The SMILES string of the molecule is C=C(C)C(=O)OCCOCCOCCOC1O[C@H](CC)[C@H](C)[C@H](OC(C)=O)[C@H]1NC(C)=O. The lowest BCUT2D eigenvalue weighted by Gasteiger charge is -2.44. The number of nitrogens with one attached hydrogen (secondary N) is 1. The van der Waals surface area contributed by atoms with Crippen molar-refractivity contribution >= 4 is 17.8 Å². The Morgan fingerprint density at radius 2 is 1.56 bits per heavy atom. The highest BCUT2D eigenvalue weighted by molar-refractivity contribution is 5.86. The highest BCUT2D eigenvalue weighted by Gasteiger charge is 2.46. The van der Waals surface area contributed by atoms with Crippen molar-refractivity contribution in [2.45, 2.75) is 65.6 Å². The summed E-state index contributed by atoms with van der Waals surface area (Å²) in [6, 6.07) is -0.626. The number of ether oxygens (including phenoxy) is 6. The lowest BCUT2D eigenvalue weighted by molar-refractivity contribution is -0.255. The first-order valence-corrected chi connectivity index (χ1v) is 10.9. The minimum Gasteiger partial charge on any atom is -0.460 e. The first-order chi connectivity index (χ1) is 15.2. The van der Waals surface area contributed by atoms with Crippen molar-refractivity contribution in [3.63, 3.8) is 0 Å². The maximum atomic E-state index is 11.7. The molecule has 0 bridgehead atoms. The van der Waals surface area contributed by atoms with Crippen molar-refractivity contribution in [2.75, 3.05) is 39.6 Å². The van der Waals surface area contributed by atoms with Gasteiger partial charge in [-0.15, -0.1) is 0 Å². The zero-order valence-electron chi connectivity index (χ0n) is 19.7. The molecule has 10 nitrogen and oxygen atoms in total. The summed E-state index contributed by atoms with van der Waals surface area (Å²) in [4.78, 5) is 34.5. The molecule has 1 N–H and O–H groups in total. The summed E-state index contributed by atoms with van der Waals surface area (Å²) in [5.41, 5.74) is 0.343. The summed E-state index contributed by atoms with van der Waals surface area (Å²) in [6.45, 7) is 13.3. The number of esters is 2. The van der Waals surface area contributed by atoms with Crippen LogP contribution in [0.4, 0.5) is 0 Å². The molecule has 0 aromatic heterocycles. The van der Waals surface area contributed by atoms with Crippen LogP contribution in [0.3, 0.4) is 0 Å². The smallest absolute Gasteiger partial charge is 0.333 e. The largest absolute Gasteiger partial charge is 0.460 e. The predicted octanol–water partition coefficient (Wildman–Crippen LogP) is 1.36. The zero-order chi connectivity index (χ0) is 24.1. The maximum absolute atomic E-state index is 11.7. The lowest BCUT2D eigenvalue weighted by atomic mass is 9.87. The second-order valence-corrected chi connectivity index (χ2v) is 7.62. The van der Waals surface area contributed by atoms with Crippen molar-refractivity contribution in [1.29, 1.82) is 0 Å². The normalized spacial score (nSPS) is 25.1. The fourth-order valence-electron chi connectivity index (χ4n) is 3.30. The van der Waals surface area contributed by atoms with Gasteiger partial charge in [-0.05, 0) is 13.3 Å². The average molecular weight is 460 g/mol. The van der Waals surface area contributed by atoms with Crippen molar-refractivity contribution in [2.24, 2.45) is 5.92 Å². The van der Waals surface area contributed by atoms with Gasteiger partial charge in [-0.25, -0.2) is 4.79 Å². The second kappa shape index (κ2) is 14.9. The van der Waals surface area contributed by atoms with Crippen LogP contribution >= 0.6 is 0 Å². The van der Waals surface area contributed by atoms with E-state index in [0.29, 0.717) is 25.2 Å². The molecule has 0 aliphatic carbocycles. The fraction of sp³-hybridized carbons (Fsp3) is 0.773. The predicted molar refractivity (Wildman–Crippen MR) is 115 cm³/mol. The van der Waals surface area contributed by atoms with Gasteiger partial charge in [0.2, 0.25) is 5.91 Å². The van der Waals surface area contributed by atoms with E-state index in [1.165, 1.54) is 13.8 Å². The second-order valence-electron chi connectivity index (χ2n) is 7.62. The van der Waals surface area contributed by atoms with Gasteiger partial charge < -0.3 is 33.7 Å². The molecule has 1 aliphatic rings. The third-order valence-electron chi connectivity index (χ3n) is 4.83. The Kier molecular flexibility index (Phi) is 13.1. The number of rotatable bonds is 14. The third-order valence-corrected chi connectivity index (χ3v) is 4.83. The topological polar surface area (TPSA) is 119 Å². The van der Waals surface area contributed by atoms with Gasteiger partial charge in [0.15, 0.2) is 6.29 Å². The van der Waals surface area contributed by atoms with Gasteiger partial charge in [-0.2, -0.15) is 0 Å². The Balaban J connectivity index is 2.39. The van der Waals surface area contributed by atoms with Crippen LogP contribution in [0.5, 0.6) is 0 Å². The highest BCUT2D eigenvalue weighted by Crippen LogP contribution is 2.30. The van der Waals surface area contributed by atoms with Gasteiger partial charge >= 0.3 is 11.9 Å². The molecule has 32 heavy (non-hydrogen) atoms. The van der Waals surface area contributed by atoms with Crippen molar-refractivity contribution < 1.29 is 42.8 Å². The molecule has 184 valence electrons. The molecule has 1 fully saturated rings. The first kappa shape index (κ1) is 28.0. The molecule has 1 rings (SSSR count). The van der Waals surface area contributed by atoms with Crippen molar-refractivity contribution in [3.05, 3.63) is 12.2 Å². The monoisotopic (exact) mass is 459 g/mol. The van der Waals surface area contributed by atoms with E-state index in [9.17, 15) is 14.4 Å². The third kappa shape index (κ3) is 10.1. The van der Waals surface area contributed by atoms with Crippen molar-refractivity contribution in [3.8, 4) is 0 Å². The summed E-state index contributed by atoms with van der Waals surface area (Å²) in [7, 11) is 0. The Morgan fingerprint density at radius 3 is 2.09 bits per heavy atom. The van der Waals surface area contributed by atoms with Gasteiger partial charge in [0.25, 0.3) is 0 Å². The maximum Gasteiger partial charge on any atom is 0.333 e. The van der Waals surface area contributed by atoms with E-state index in [1.54, 1.807) is 6.92 Å². The minimum absolute atomic E-state index is 0.108. The molecule has 0 aromatic rings. The Hall–Kier alpha value is -2.01. The quantitative estimate of drug-likeness (QED) is 0.233. The van der Waals surface area contributed by atoms with Gasteiger partial charge in [0.1, 0.15) is 18.8 Å². The summed E-state index contributed by atoms with van der Waals surface area (Å²) in [5.74, 6) is -1.25. The van der Waals surface area contributed by atoms with E-state index in [-0.39, 0.29) is 44.4 Å². The van der Waals surface area contributed by atoms with Crippen LogP contribution in [0, 0.1) is 5.92 Å². The first-order valence-electron chi connectivity index (χ1n) is 10.9.